The van der Waals surface area contributed by atoms with E-state index in [1.807, 2.05) is 6.07 Å². The van der Waals surface area contributed by atoms with Crippen molar-refractivity contribution in [3.8, 4) is 11.8 Å². The van der Waals surface area contributed by atoms with Crippen LogP contribution in [0.15, 0.2) is 68.8 Å². The number of fused-ring (bicyclic) bond motifs is 2. The molecule has 0 bridgehead atoms. The minimum atomic E-state index is -0.510. The van der Waals surface area contributed by atoms with E-state index in [1.54, 1.807) is 48.7 Å². The van der Waals surface area contributed by atoms with Gasteiger partial charge in [0.25, 0.3) is 11.1 Å². The van der Waals surface area contributed by atoms with E-state index in [-0.39, 0.29) is 22.2 Å². The molecule has 0 spiro atoms. The largest absolute Gasteiger partial charge is 0.274 e. The highest BCUT2D eigenvalue weighted by molar-refractivity contribution is 9.10. The van der Waals surface area contributed by atoms with Gasteiger partial charge in [-0.1, -0.05) is 22.0 Å². The van der Waals surface area contributed by atoms with Crippen LogP contribution in [0.1, 0.15) is 5.56 Å². The Kier molecular flexibility index (Phi) is 3.48. The smallest absolute Gasteiger partial charge is 0.268 e. The zero-order valence-corrected chi connectivity index (χ0v) is 14.3. The number of hydrogen-bond donors (Lipinski definition) is 0. The standard InChI is InChI=1S/C18H9BrN4O2/c19-12-4-6-13(7-5-12)23-16-14(9-11(10-20)17(23)24)18(25)22-8-2-1-3-15(22)21-16/h1-9H. The van der Waals surface area contributed by atoms with Crippen molar-refractivity contribution >= 4 is 32.6 Å². The molecule has 0 aliphatic rings. The van der Waals surface area contributed by atoms with Crippen molar-refractivity contribution < 1.29 is 0 Å². The van der Waals surface area contributed by atoms with Gasteiger partial charge in [-0.15, -0.1) is 0 Å². The minimum Gasteiger partial charge on any atom is -0.268 e. The summed E-state index contributed by atoms with van der Waals surface area (Å²) in [6, 6.07) is 15.3. The minimum absolute atomic E-state index is 0.106. The highest BCUT2D eigenvalue weighted by Gasteiger charge is 2.15. The maximum Gasteiger partial charge on any atom is 0.274 e. The molecule has 0 N–H and O–H groups in total. The van der Waals surface area contributed by atoms with E-state index in [1.165, 1.54) is 15.0 Å². The molecule has 6 nitrogen and oxygen atoms in total. The van der Waals surface area contributed by atoms with Crippen molar-refractivity contribution in [2.45, 2.75) is 0 Å². The van der Waals surface area contributed by atoms with Gasteiger partial charge in [0.1, 0.15) is 17.3 Å². The average Bonchev–Trinajstić information content (AvgIpc) is 2.63. The van der Waals surface area contributed by atoms with Gasteiger partial charge in [-0.3, -0.25) is 18.6 Å². The first kappa shape index (κ1) is 15.3. The molecule has 4 aromatic rings. The topological polar surface area (TPSA) is 80.2 Å². The molecule has 0 radical (unpaired) electrons. The number of halogens is 1. The SMILES string of the molecule is N#Cc1cc2c(=O)n3ccccc3nc2n(-c2ccc(Br)cc2)c1=O. The zero-order chi connectivity index (χ0) is 17.6. The summed E-state index contributed by atoms with van der Waals surface area (Å²) in [5.74, 6) is 0. The zero-order valence-electron chi connectivity index (χ0n) is 12.7. The summed E-state index contributed by atoms with van der Waals surface area (Å²) in [6.07, 6.45) is 1.60. The van der Waals surface area contributed by atoms with Crippen LogP contribution >= 0.6 is 15.9 Å². The molecule has 0 aliphatic heterocycles. The summed E-state index contributed by atoms with van der Waals surface area (Å²) in [5, 5.41) is 9.51. The van der Waals surface area contributed by atoms with E-state index in [2.05, 4.69) is 20.9 Å². The fourth-order valence-electron chi connectivity index (χ4n) is 2.72. The molecule has 25 heavy (non-hydrogen) atoms. The second kappa shape index (κ2) is 5.69. The van der Waals surface area contributed by atoms with Crippen molar-refractivity contribution in [3.63, 3.8) is 0 Å². The number of rotatable bonds is 1. The van der Waals surface area contributed by atoms with Crippen LogP contribution in [-0.4, -0.2) is 14.0 Å². The van der Waals surface area contributed by atoms with E-state index in [4.69, 9.17) is 0 Å². The second-order valence-corrected chi connectivity index (χ2v) is 6.29. The number of benzene rings is 1. The number of nitrogens with zero attached hydrogens (tertiary/aromatic N) is 4. The quantitative estimate of drug-likeness (QED) is 0.466. The van der Waals surface area contributed by atoms with Gasteiger partial charge in [-0.05, 0) is 42.5 Å². The van der Waals surface area contributed by atoms with Gasteiger partial charge >= 0.3 is 0 Å². The Labute approximate surface area is 149 Å². The molecule has 0 fully saturated rings. The third-order valence-corrected chi connectivity index (χ3v) is 4.42. The Bertz CT molecular complexity index is 1300. The van der Waals surface area contributed by atoms with Crippen molar-refractivity contribution in [2.75, 3.05) is 0 Å². The average molecular weight is 393 g/mol. The summed E-state index contributed by atoms with van der Waals surface area (Å²) >= 11 is 3.35. The maximum absolute atomic E-state index is 12.8. The highest BCUT2D eigenvalue weighted by atomic mass is 79.9. The highest BCUT2D eigenvalue weighted by Crippen LogP contribution is 2.17. The fourth-order valence-corrected chi connectivity index (χ4v) is 2.98. The third kappa shape index (κ3) is 2.35. The van der Waals surface area contributed by atoms with Gasteiger partial charge in [-0.25, -0.2) is 4.98 Å². The maximum atomic E-state index is 12.8. The van der Waals surface area contributed by atoms with Crippen LogP contribution in [0.4, 0.5) is 0 Å². The lowest BCUT2D eigenvalue weighted by Crippen LogP contribution is -2.26. The number of hydrogen-bond acceptors (Lipinski definition) is 4. The number of aromatic nitrogens is 3. The molecule has 3 aromatic heterocycles. The van der Waals surface area contributed by atoms with Crippen molar-refractivity contribution in [2.24, 2.45) is 0 Å². The molecule has 0 aliphatic carbocycles. The van der Waals surface area contributed by atoms with Crippen LogP contribution in [0, 0.1) is 11.3 Å². The molecule has 120 valence electrons. The Morgan fingerprint density at radius 3 is 2.52 bits per heavy atom. The van der Waals surface area contributed by atoms with Crippen molar-refractivity contribution in [1.29, 1.82) is 5.26 Å². The van der Waals surface area contributed by atoms with Crippen LogP contribution in [-0.2, 0) is 0 Å². The summed E-state index contributed by atoms with van der Waals surface area (Å²) in [4.78, 5) is 30.0. The molecule has 4 rings (SSSR count). The fraction of sp³-hybridized carbons (Fsp3) is 0. The van der Waals surface area contributed by atoms with E-state index in [0.717, 1.165) is 4.47 Å². The van der Waals surface area contributed by atoms with Crippen LogP contribution in [0.2, 0.25) is 0 Å². The molecule has 3 heterocycles. The summed E-state index contributed by atoms with van der Waals surface area (Å²) in [5.41, 5.74) is 0.234. The van der Waals surface area contributed by atoms with Crippen LogP contribution in [0.5, 0.6) is 0 Å². The predicted molar refractivity (Wildman–Crippen MR) is 97.0 cm³/mol. The Morgan fingerprint density at radius 1 is 1.04 bits per heavy atom. The summed E-state index contributed by atoms with van der Waals surface area (Å²) in [6.45, 7) is 0. The van der Waals surface area contributed by atoms with Gasteiger partial charge in [-0.2, -0.15) is 5.26 Å². The van der Waals surface area contributed by atoms with Crippen LogP contribution in [0.3, 0.4) is 0 Å². The lowest BCUT2D eigenvalue weighted by molar-refractivity contribution is 0.983. The predicted octanol–water partition coefficient (Wildman–Crippen LogP) is 2.63. The van der Waals surface area contributed by atoms with E-state index < -0.39 is 5.56 Å². The molecule has 0 unspecified atom stereocenters. The van der Waals surface area contributed by atoms with Gasteiger partial charge in [0.05, 0.1) is 11.1 Å². The Morgan fingerprint density at radius 2 is 1.80 bits per heavy atom. The van der Waals surface area contributed by atoms with Gasteiger partial charge < -0.3 is 0 Å². The van der Waals surface area contributed by atoms with Gasteiger partial charge in [0.2, 0.25) is 0 Å². The van der Waals surface area contributed by atoms with E-state index in [0.29, 0.717) is 11.3 Å². The summed E-state index contributed by atoms with van der Waals surface area (Å²) in [7, 11) is 0. The molecule has 0 atom stereocenters. The van der Waals surface area contributed by atoms with E-state index in [9.17, 15) is 14.9 Å². The number of pyridine rings is 2. The lowest BCUT2D eigenvalue weighted by atomic mass is 10.2. The molecule has 0 amide bonds. The van der Waals surface area contributed by atoms with Crippen molar-refractivity contribution in [1.82, 2.24) is 14.0 Å². The molecule has 0 saturated carbocycles. The van der Waals surface area contributed by atoms with Crippen LogP contribution in [0.25, 0.3) is 22.4 Å². The molecular weight excluding hydrogens is 384 g/mol. The Hall–Kier alpha value is -3.24. The molecular formula is C18H9BrN4O2. The summed E-state index contributed by atoms with van der Waals surface area (Å²) < 4.78 is 3.54. The van der Waals surface area contributed by atoms with Gasteiger partial charge in [0.15, 0.2) is 5.65 Å². The Balaban J connectivity index is 2.26. The third-order valence-electron chi connectivity index (χ3n) is 3.89. The first-order chi connectivity index (χ1) is 12.1. The second-order valence-electron chi connectivity index (χ2n) is 5.37. The monoisotopic (exact) mass is 392 g/mol. The molecule has 1 aromatic carbocycles. The first-order valence-electron chi connectivity index (χ1n) is 7.33. The molecule has 7 heteroatoms. The van der Waals surface area contributed by atoms with Crippen LogP contribution < -0.4 is 11.1 Å². The van der Waals surface area contributed by atoms with Crippen molar-refractivity contribution in [3.05, 3.63) is 85.5 Å². The van der Waals surface area contributed by atoms with E-state index >= 15 is 0 Å². The lowest BCUT2D eigenvalue weighted by Gasteiger charge is -2.11. The molecule has 0 saturated heterocycles. The first-order valence-corrected chi connectivity index (χ1v) is 8.12. The normalized spacial score (nSPS) is 10.9. The van der Waals surface area contributed by atoms with Gasteiger partial charge in [0, 0.05) is 10.7 Å². The number of nitriles is 1.